The van der Waals surface area contributed by atoms with Gasteiger partial charge in [0, 0.05) is 6.54 Å². The van der Waals surface area contributed by atoms with Crippen LogP contribution in [0.15, 0.2) is 24.3 Å². The average Bonchev–Trinajstić information content (AvgIpc) is 2.78. The number of nitrogens with one attached hydrogen (secondary N) is 2. The first-order chi connectivity index (χ1) is 8.23. The fourth-order valence-corrected chi connectivity index (χ4v) is 2.03. The average molecular weight is 232 g/mol. The van der Waals surface area contributed by atoms with Crippen molar-refractivity contribution in [3.05, 3.63) is 24.3 Å². The van der Waals surface area contributed by atoms with E-state index in [4.69, 9.17) is 5.73 Å². The van der Waals surface area contributed by atoms with Gasteiger partial charge in [-0.3, -0.25) is 0 Å². The van der Waals surface area contributed by atoms with E-state index in [0.717, 1.165) is 29.8 Å². The molecule has 4 nitrogen and oxygen atoms in total. The van der Waals surface area contributed by atoms with Crippen molar-refractivity contribution in [3.63, 3.8) is 0 Å². The zero-order valence-corrected chi connectivity index (χ0v) is 10.5. The Labute approximate surface area is 102 Å². The molecular weight excluding hydrogens is 212 g/mol. The van der Waals surface area contributed by atoms with Gasteiger partial charge in [-0.1, -0.05) is 26.0 Å². The van der Waals surface area contributed by atoms with Crippen LogP contribution in [0.3, 0.4) is 0 Å². The molecule has 0 aliphatic rings. The molecule has 0 bridgehead atoms. The highest BCUT2D eigenvalue weighted by molar-refractivity contribution is 5.77. The number of benzene rings is 1. The van der Waals surface area contributed by atoms with Gasteiger partial charge in [0.25, 0.3) is 0 Å². The molecule has 0 saturated carbocycles. The Morgan fingerprint density at radius 1 is 1.29 bits per heavy atom. The number of anilines is 1. The fraction of sp³-hybridized carbons (Fsp3) is 0.462. The Bertz CT molecular complexity index is 444. The second-order valence-corrected chi connectivity index (χ2v) is 4.42. The van der Waals surface area contributed by atoms with Crippen LogP contribution < -0.4 is 11.1 Å². The van der Waals surface area contributed by atoms with Crippen LogP contribution in [0.4, 0.5) is 5.95 Å². The van der Waals surface area contributed by atoms with Crippen LogP contribution >= 0.6 is 0 Å². The molecule has 2 rings (SSSR count). The summed E-state index contributed by atoms with van der Waals surface area (Å²) in [5, 5.41) is 3.44. The Morgan fingerprint density at radius 2 is 2.00 bits per heavy atom. The van der Waals surface area contributed by atoms with Gasteiger partial charge >= 0.3 is 0 Å². The number of hydrogen-bond acceptors (Lipinski definition) is 3. The summed E-state index contributed by atoms with van der Waals surface area (Å²) in [5.41, 5.74) is 7.83. The van der Waals surface area contributed by atoms with E-state index >= 15 is 0 Å². The van der Waals surface area contributed by atoms with Crippen molar-refractivity contribution < 1.29 is 0 Å². The molecule has 0 unspecified atom stereocenters. The van der Waals surface area contributed by atoms with E-state index in [-0.39, 0.29) is 5.54 Å². The predicted molar refractivity (Wildman–Crippen MR) is 72.1 cm³/mol. The molecule has 0 spiro atoms. The van der Waals surface area contributed by atoms with E-state index in [1.165, 1.54) is 0 Å². The van der Waals surface area contributed by atoms with E-state index in [1.807, 2.05) is 24.3 Å². The summed E-state index contributed by atoms with van der Waals surface area (Å²) in [7, 11) is 0. The van der Waals surface area contributed by atoms with Gasteiger partial charge in [0.2, 0.25) is 5.95 Å². The molecule has 0 atom stereocenters. The van der Waals surface area contributed by atoms with Crippen LogP contribution in [0.25, 0.3) is 11.0 Å². The van der Waals surface area contributed by atoms with Crippen molar-refractivity contribution in [3.8, 4) is 0 Å². The molecule has 2 aromatic rings. The standard InChI is InChI=1S/C13H20N4/c1-3-13(4-2,9-14)17-12-15-10-7-5-6-8-11(10)16-12/h5-8H,3-4,9,14H2,1-2H3,(H2,15,16,17). The Balaban J connectivity index is 2.28. The normalized spacial score (nSPS) is 11.9. The maximum atomic E-state index is 5.87. The monoisotopic (exact) mass is 232 g/mol. The van der Waals surface area contributed by atoms with Gasteiger partial charge in [0.05, 0.1) is 16.6 Å². The van der Waals surface area contributed by atoms with Gasteiger partial charge in [-0.15, -0.1) is 0 Å². The maximum Gasteiger partial charge on any atom is 0.201 e. The minimum atomic E-state index is -0.0616. The third kappa shape index (κ3) is 2.26. The largest absolute Gasteiger partial charge is 0.349 e. The molecule has 0 saturated heterocycles. The molecule has 1 aromatic carbocycles. The predicted octanol–water partition coefficient (Wildman–Crippen LogP) is 2.49. The van der Waals surface area contributed by atoms with Crippen molar-refractivity contribution in [2.45, 2.75) is 32.2 Å². The topological polar surface area (TPSA) is 66.7 Å². The number of hydrogen-bond donors (Lipinski definition) is 3. The Morgan fingerprint density at radius 3 is 2.59 bits per heavy atom. The molecule has 1 aromatic heterocycles. The van der Waals surface area contributed by atoms with Gasteiger partial charge in [-0.25, -0.2) is 4.98 Å². The second-order valence-electron chi connectivity index (χ2n) is 4.42. The molecular formula is C13H20N4. The number of aromatic amines is 1. The number of fused-ring (bicyclic) bond motifs is 1. The highest BCUT2D eigenvalue weighted by Crippen LogP contribution is 2.21. The third-order valence-corrected chi connectivity index (χ3v) is 3.52. The molecule has 0 amide bonds. The van der Waals surface area contributed by atoms with E-state index in [9.17, 15) is 0 Å². The summed E-state index contributed by atoms with van der Waals surface area (Å²) >= 11 is 0. The van der Waals surface area contributed by atoms with Gasteiger partial charge in [-0.2, -0.15) is 0 Å². The van der Waals surface area contributed by atoms with Crippen molar-refractivity contribution in [1.82, 2.24) is 9.97 Å². The summed E-state index contributed by atoms with van der Waals surface area (Å²) in [6, 6.07) is 8.01. The molecule has 1 heterocycles. The number of imidazole rings is 1. The highest BCUT2D eigenvalue weighted by Gasteiger charge is 2.24. The number of aromatic nitrogens is 2. The number of rotatable bonds is 5. The summed E-state index contributed by atoms with van der Waals surface area (Å²) in [4.78, 5) is 7.80. The van der Waals surface area contributed by atoms with Crippen molar-refractivity contribution in [2.75, 3.05) is 11.9 Å². The van der Waals surface area contributed by atoms with Crippen molar-refractivity contribution >= 4 is 17.0 Å². The van der Waals surface area contributed by atoms with Crippen LogP contribution in [0.2, 0.25) is 0 Å². The number of nitrogens with two attached hydrogens (primary N) is 1. The lowest BCUT2D eigenvalue weighted by Gasteiger charge is -2.31. The van der Waals surface area contributed by atoms with E-state index in [1.54, 1.807) is 0 Å². The summed E-state index contributed by atoms with van der Waals surface area (Å²) in [6.07, 6.45) is 1.97. The smallest absolute Gasteiger partial charge is 0.201 e. The third-order valence-electron chi connectivity index (χ3n) is 3.52. The lowest BCUT2D eigenvalue weighted by atomic mass is 9.93. The van der Waals surface area contributed by atoms with Crippen LogP contribution in [-0.4, -0.2) is 22.1 Å². The maximum absolute atomic E-state index is 5.87. The van der Waals surface area contributed by atoms with Gasteiger partial charge in [0.15, 0.2) is 0 Å². The Hall–Kier alpha value is -1.55. The van der Waals surface area contributed by atoms with Crippen molar-refractivity contribution in [1.29, 1.82) is 0 Å². The minimum absolute atomic E-state index is 0.0616. The molecule has 4 heteroatoms. The Kier molecular flexibility index (Phi) is 3.33. The first-order valence-electron chi connectivity index (χ1n) is 6.16. The lowest BCUT2D eigenvalue weighted by molar-refractivity contribution is 0.442. The van der Waals surface area contributed by atoms with Crippen LogP contribution in [-0.2, 0) is 0 Å². The minimum Gasteiger partial charge on any atom is -0.349 e. The molecule has 0 radical (unpaired) electrons. The van der Waals surface area contributed by atoms with E-state index in [2.05, 4.69) is 29.1 Å². The van der Waals surface area contributed by atoms with Gasteiger partial charge in [0.1, 0.15) is 0 Å². The molecule has 17 heavy (non-hydrogen) atoms. The van der Waals surface area contributed by atoms with Crippen LogP contribution in [0.5, 0.6) is 0 Å². The fourth-order valence-electron chi connectivity index (χ4n) is 2.03. The zero-order valence-electron chi connectivity index (χ0n) is 10.5. The van der Waals surface area contributed by atoms with Crippen LogP contribution in [0.1, 0.15) is 26.7 Å². The molecule has 4 N–H and O–H groups in total. The first-order valence-corrected chi connectivity index (χ1v) is 6.16. The van der Waals surface area contributed by atoms with E-state index in [0.29, 0.717) is 6.54 Å². The van der Waals surface area contributed by atoms with Crippen molar-refractivity contribution in [2.24, 2.45) is 5.73 Å². The van der Waals surface area contributed by atoms with Crippen LogP contribution in [0, 0.1) is 0 Å². The second kappa shape index (κ2) is 4.75. The SMILES string of the molecule is CCC(CC)(CN)Nc1nc2ccccc2[nH]1. The lowest BCUT2D eigenvalue weighted by Crippen LogP contribution is -2.44. The zero-order chi connectivity index (χ0) is 12.3. The quantitative estimate of drug-likeness (QED) is 0.742. The molecule has 0 aliphatic heterocycles. The molecule has 92 valence electrons. The van der Waals surface area contributed by atoms with Gasteiger partial charge in [-0.05, 0) is 25.0 Å². The summed E-state index contributed by atoms with van der Waals surface area (Å²) in [5.74, 6) is 0.806. The summed E-state index contributed by atoms with van der Waals surface area (Å²) in [6.45, 7) is 4.90. The first kappa shape index (κ1) is 11.9. The summed E-state index contributed by atoms with van der Waals surface area (Å²) < 4.78 is 0. The number of nitrogens with zero attached hydrogens (tertiary/aromatic N) is 1. The van der Waals surface area contributed by atoms with Gasteiger partial charge < -0.3 is 16.0 Å². The number of H-pyrrole nitrogens is 1. The number of para-hydroxylation sites is 2. The highest BCUT2D eigenvalue weighted by atomic mass is 15.2. The molecule has 0 aliphatic carbocycles. The molecule has 0 fully saturated rings. The van der Waals surface area contributed by atoms with E-state index < -0.39 is 0 Å².